The van der Waals surface area contributed by atoms with Gasteiger partial charge in [0.1, 0.15) is 29.9 Å². The van der Waals surface area contributed by atoms with E-state index in [1.165, 1.54) is 38.7 Å². The summed E-state index contributed by atoms with van der Waals surface area (Å²) in [5, 5.41) is 20.0. The molecule has 0 spiro atoms. The third-order valence-electron chi connectivity index (χ3n) is 6.08. The molecular weight excluding hydrogens is 456 g/mol. The number of aromatic nitrogens is 7. The molecule has 0 aliphatic rings. The number of imidazole rings is 1. The number of nitrogens with zero attached hydrogens (tertiary/aromatic N) is 7. The third kappa shape index (κ3) is 4.06. The van der Waals surface area contributed by atoms with Gasteiger partial charge in [-0.05, 0) is 43.3 Å². The topological polar surface area (TPSA) is 95.7 Å². The fourth-order valence-electron chi connectivity index (χ4n) is 4.14. The minimum absolute atomic E-state index is 0.162. The number of hydrogen-bond donors (Lipinski definition) is 1. The van der Waals surface area contributed by atoms with Crippen LogP contribution in [0.5, 0.6) is 0 Å². The highest BCUT2D eigenvalue weighted by molar-refractivity contribution is 5.41. The number of rotatable bonds is 7. The summed E-state index contributed by atoms with van der Waals surface area (Å²) >= 11 is 0. The van der Waals surface area contributed by atoms with Gasteiger partial charge in [0.15, 0.2) is 0 Å². The van der Waals surface area contributed by atoms with Crippen LogP contribution in [-0.2, 0) is 12.1 Å². The van der Waals surface area contributed by atoms with Gasteiger partial charge >= 0.3 is 5.69 Å². The lowest BCUT2D eigenvalue weighted by Crippen LogP contribution is -2.43. The predicted octanol–water partition coefficient (Wildman–Crippen LogP) is 2.84. The van der Waals surface area contributed by atoms with Gasteiger partial charge in [-0.15, -0.1) is 0 Å². The second-order valence-electron chi connectivity index (χ2n) is 8.14. The van der Waals surface area contributed by atoms with Crippen LogP contribution in [-0.4, -0.2) is 38.8 Å². The van der Waals surface area contributed by atoms with Gasteiger partial charge in [0.05, 0.1) is 24.0 Å². The summed E-state index contributed by atoms with van der Waals surface area (Å²) in [4.78, 5) is 17.2. The second kappa shape index (κ2) is 8.76. The summed E-state index contributed by atoms with van der Waals surface area (Å²) in [6.45, 7) is 1.37. The van der Waals surface area contributed by atoms with Crippen LogP contribution in [0.25, 0.3) is 11.4 Å². The zero-order chi connectivity index (χ0) is 24.6. The quantitative estimate of drug-likeness (QED) is 0.389. The van der Waals surface area contributed by atoms with Gasteiger partial charge < -0.3 is 5.11 Å². The molecule has 0 unspecified atom stereocenters. The molecule has 5 aromatic rings. The first-order valence-corrected chi connectivity index (χ1v) is 10.8. The van der Waals surface area contributed by atoms with Crippen LogP contribution < -0.4 is 5.69 Å². The van der Waals surface area contributed by atoms with Crippen LogP contribution in [0, 0.1) is 11.6 Å². The van der Waals surface area contributed by atoms with Crippen molar-refractivity contribution in [2.45, 2.75) is 25.1 Å². The molecule has 9 nitrogen and oxygen atoms in total. The smallest absolute Gasteiger partial charge is 0.333 e. The van der Waals surface area contributed by atoms with E-state index in [0.717, 1.165) is 11.8 Å². The van der Waals surface area contributed by atoms with E-state index in [-0.39, 0.29) is 12.1 Å². The SMILES string of the molecule is C[C@H](n1ccn(-c2ccc(-n3cccn3)cc2)c1=O)[C@@](O)(Cn1cncn1)c1ccc(F)cc1F. The highest BCUT2D eigenvalue weighted by atomic mass is 19.1. The summed E-state index contributed by atoms with van der Waals surface area (Å²) in [7, 11) is 0. The van der Waals surface area contributed by atoms with Crippen molar-refractivity contribution in [1.29, 1.82) is 0 Å². The second-order valence-corrected chi connectivity index (χ2v) is 8.14. The van der Waals surface area contributed by atoms with E-state index in [2.05, 4.69) is 15.2 Å². The molecular formula is C24H21F2N7O2. The molecule has 0 aliphatic carbocycles. The number of hydrogen-bond acceptors (Lipinski definition) is 5. The van der Waals surface area contributed by atoms with Crippen molar-refractivity contribution in [2.24, 2.45) is 0 Å². The Hall–Kier alpha value is -4.38. The van der Waals surface area contributed by atoms with E-state index in [0.29, 0.717) is 11.8 Å². The third-order valence-corrected chi connectivity index (χ3v) is 6.08. The van der Waals surface area contributed by atoms with Crippen molar-refractivity contribution in [1.82, 2.24) is 33.7 Å². The molecule has 11 heteroatoms. The Morgan fingerprint density at radius 3 is 2.46 bits per heavy atom. The Morgan fingerprint density at radius 1 is 1.03 bits per heavy atom. The van der Waals surface area contributed by atoms with Gasteiger partial charge in [-0.25, -0.2) is 27.9 Å². The first-order chi connectivity index (χ1) is 16.9. The van der Waals surface area contributed by atoms with Crippen molar-refractivity contribution in [3.05, 3.63) is 114 Å². The van der Waals surface area contributed by atoms with E-state index in [9.17, 15) is 18.7 Å². The Kier molecular flexibility index (Phi) is 5.61. The first kappa shape index (κ1) is 22.4. The molecule has 2 atom stereocenters. The van der Waals surface area contributed by atoms with E-state index >= 15 is 0 Å². The summed E-state index contributed by atoms with van der Waals surface area (Å²) in [5.74, 6) is -1.70. The van der Waals surface area contributed by atoms with Crippen LogP contribution in [0.3, 0.4) is 0 Å². The lowest BCUT2D eigenvalue weighted by atomic mass is 9.86. The molecule has 0 saturated carbocycles. The summed E-state index contributed by atoms with van der Waals surface area (Å²) in [6, 6.07) is 11.0. The maximum Gasteiger partial charge on any atom is 0.333 e. The predicted molar refractivity (Wildman–Crippen MR) is 122 cm³/mol. The first-order valence-electron chi connectivity index (χ1n) is 10.8. The van der Waals surface area contributed by atoms with E-state index < -0.39 is 29.0 Å². The molecule has 178 valence electrons. The molecule has 0 amide bonds. The molecule has 0 aliphatic heterocycles. The lowest BCUT2D eigenvalue weighted by Gasteiger charge is -2.35. The maximum absolute atomic E-state index is 14.8. The van der Waals surface area contributed by atoms with Crippen molar-refractivity contribution in [3.63, 3.8) is 0 Å². The van der Waals surface area contributed by atoms with Crippen LogP contribution >= 0.6 is 0 Å². The monoisotopic (exact) mass is 477 g/mol. The molecule has 0 radical (unpaired) electrons. The molecule has 35 heavy (non-hydrogen) atoms. The highest BCUT2D eigenvalue weighted by Gasteiger charge is 2.41. The fraction of sp³-hybridized carbons (Fsp3) is 0.167. The van der Waals surface area contributed by atoms with E-state index in [4.69, 9.17) is 0 Å². The average molecular weight is 477 g/mol. The standard InChI is InChI=1S/C24H21F2N7O2/c1-17(24(35,14-30-16-27-15-29-30)21-8-3-18(25)13-22(21)26)31-11-12-32(23(31)34)19-4-6-20(7-5-19)33-10-2-9-28-33/h2-13,15-17,35H,14H2,1H3/t17-,24-/m0/s1. The molecule has 0 bridgehead atoms. The molecule has 1 N–H and O–H groups in total. The van der Waals surface area contributed by atoms with Gasteiger partial charge in [0, 0.05) is 36.4 Å². The van der Waals surface area contributed by atoms with Gasteiger partial charge in [-0.1, -0.05) is 6.07 Å². The Morgan fingerprint density at radius 2 is 1.80 bits per heavy atom. The summed E-state index contributed by atoms with van der Waals surface area (Å²) in [6.07, 6.45) is 9.21. The van der Waals surface area contributed by atoms with Crippen molar-refractivity contribution < 1.29 is 13.9 Å². The van der Waals surface area contributed by atoms with Gasteiger partial charge in [-0.2, -0.15) is 10.2 Å². The average Bonchev–Trinajstić information content (AvgIpc) is 3.61. The van der Waals surface area contributed by atoms with Crippen LogP contribution in [0.1, 0.15) is 18.5 Å². The van der Waals surface area contributed by atoms with Crippen molar-refractivity contribution in [3.8, 4) is 11.4 Å². The molecule has 0 saturated heterocycles. The molecule has 2 aromatic carbocycles. The Bertz CT molecular complexity index is 1490. The van der Waals surface area contributed by atoms with E-state index in [1.807, 2.05) is 24.4 Å². The van der Waals surface area contributed by atoms with Crippen molar-refractivity contribution in [2.75, 3.05) is 0 Å². The van der Waals surface area contributed by atoms with Gasteiger partial charge in [0.25, 0.3) is 0 Å². The highest BCUT2D eigenvalue weighted by Crippen LogP contribution is 2.36. The van der Waals surface area contributed by atoms with Crippen LogP contribution in [0.2, 0.25) is 0 Å². The van der Waals surface area contributed by atoms with Crippen LogP contribution in [0.15, 0.2) is 90.8 Å². The van der Waals surface area contributed by atoms with Gasteiger partial charge in [-0.3, -0.25) is 9.13 Å². The summed E-state index contributed by atoms with van der Waals surface area (Å²) < 4.78 is 34.2. The van der Waals surface area contributed by atoms with E-state index in [1.54, 1.807) is 36.1 Å². The zero-order valence-corrected chi connectivity index (χ0v) is 18.6. The fourth-order valence-corrected chi connectivity index (χ4v) is 4.14. The number of aliphatic hydroxyl groups is 1. The summed E-state index contributed by atoms with van der Waals surface area (Å²) in [5.41, 5.74) is -1.13. The molecule has 0 fully saturated rings. The molecule has 3 aromatic heterocycles. The van der Waals surface area contributed by atoms with Crippen LogP contribution in [0.4, 0.5) is 8.78 Å². The number of halogens is 2. The zero-order valence-electron chi connectivity index (χ0n) is 18.6. The maximum atomic E-state index is 14.8. The largest absolute Gasteiger partial charge is 0.381 e. The Labute approximate surface area is 198 Å². The normalized spacial score (nSPS) is 14.1. The number of benzene rings is 2. The molecule has 5 rings (SSSR count). The minimum Gasteiger partial charge on any atom is -0.381 e. The van der Waals surface area contributed by atoms with Crippen molar-refractivity contribution >= 4 is 0 Å². The molecule has 3 heterocycles. The minimum atomic E-state index is -1.95. The lowest BCUT2D eigenvalue weighted by molar-refractivity contribution is -0.0342. The van der Waals surface area contributed by atoms with Gasteiger partial charge in [0.2, 0.25) is 0 Å². The Balaban J connectivity index is 1.53.